The van der Waals surface area contributed by atoms with Gasteiger partial charge < -0.3 is 15.1 Å². The van der Waals surface area contributed by atoms with Crippen molar-refractivity contribution in [1.82, 2.24) is 5.32 Å². The number of hydrogen-bond acceptors (Lipinski definition) is 3. The second-order valence-corrected chi connectivity index (χ2v) is 7.63. The third kappa shape index (κ3) is 5.42. The highest BCUT2D eigenvalue weighted by Gasteiger charge is 2.22. The first-order valence-corrected chi connectivity index (χ1v) is 10.0. The van der Waals surface area contributed by atoms with E-state index in [4.69, 9.17) is 0 Å². The van der Waals surface area contributed by atoms with Crippen molar-refractivity contribution in [2.24, 2.45) is 0 Å². The summed E-state index contributed by atoms with van der Waals surface area (Å²) in [5, 5.41) is 3.08. The van der Waals surface area contributed by atoms with E-state index in [0.29, 0.717) is 19.0 Å². The smallest absolute Gasteiger partial charge is 0.275 e. The van der Waals surface area contributed by atoms with Crippen molar-refractivity contribution < 1.29 is 14.5 Å². The second kappa shape index (κ2) is 9.51. The lowest BCUT2D eigenvalue weighted by atomic mass is 10.0. The molecule has 0 bridgehead atoms. The van der Waals surface area contributed by atoms with Gasteiger partial charge in [-0.25, -0.2) is 0 Å². The van der Waals surface area contributed by atoms with E-state index in [9.17, 15) is 9.59 Å². The van der Waals surface area contributed by atoms with E-state index < -0.39 is 0 Å². The van der Waals surface area contributed by atoms with Gasteiger partial charge in [-0.15, -0.1) is 0 Å². The highest BCUT2D eigenvalue weighted by molar-refractivity contribution is 5.94. The Hall–Kier alpha value is -2.66. The Morgan fingerprint density at radius 2 is 1.68 bits per heavy atom. The van der Waals surface area contributed by atoms with Gasteiger partial charge in [0.2, 0.25) is 0 Å². The zero-order valence-electron chi connectivity index (χ0n) is 16.8. The molecule has 1 heterocycles. The fraction of sp³-hybridized carbons (Fsp3) is 0.391. The summed E-state index contributed by atoms with van der Waals surface area (Å²) < 4.78 is 0. The molecule has 0 saturated carbocycles. The molecule has 2 aromatic rings. The van der Waals surface area contributed by atoms with Crippen LogP contribution in [-0.4, -0.2) is 51.0 Å². The van der Waals surface area contributed by atoms with Crippen molar-refractivity contribution in [3.05, 3.63) is 65.7 Å². The van der Waals surface area contributed by atoms with E-state index in [0.717, 1.165) is 37.4 Å². The minimum Gasteiger partial charge on any atom is -0.360 e. The molecule has 28 heavy (non-hydrogen) atoms. The van der Waals surface area contributed by atoms with Crippen LogP contribution in [0.1, 0.15) is 35.7 Å². The summed E-state index contributed by atoms with van der Waals surface area (Å²) in [4.78, 5) is 27.4. The Morgan fingerprint density at radius 3 is 2.29 bits per heavy atom. The van der Waals surface area contributed by atoms with Gasteiger partial charge in [0.1, 0.15) is 0 Å². The van der Waals surface area contributed by atoms with E-state index in [-0.39, 0.29) is 11.7 Å². The van der Waals surface area contributed by atoms with Crippen LogP contribution in [0.15, 0.2) is 54.6 Å². The molecule has 1 fully saturated rings. The lowest BCUT2D eigenvalue weighted by Crippen LogP contribution is -3.16. The number of carbonyl (C=O) groups is 2. The summed E-state index contributed by atoms with van der Waals surface area (Å²) in [5.74, 6) is 0.528. The number of nitrogens with one attached hydrogen (secondary N) is 2. The predicted molar refractivity (Wildman–Crippen MR) is 112 cm³/mol. The van der Waals surface area contributed by atoms with Gasteiger partial charge in [-0.3, -0.25) is 9.59 Å². The van der Waals surface area contributed by atoms with Gasteiger partial charge in [0.15, 0.2) is 12.3 Å². The first kappa shape index (κ1) is 20.1. The number of piperazine rings is 1. The quantitative estimate of drug-likeness (QED) is 0.716. The van der Waals surface area contributed by atoms with Crippen molar-refractivity contribution in [2.75, 3.05) is 44.2 Å². The van der Waals surface area contributed by atoms with E-state index in [1.807, 2.05) is 42.5 Å². The molecule has 148 valence electrons. The molecule has 2 N–H and O–H groups in total. The van der Waals surface area contributed by atoms with Crippen molar-refractivity contribution >= 4 is 17.4 Å². The van der Waals surface area contributed by atoms with Crippen molar-refractivity contribution in [3.63, 3.8) is 0 Å². The van der Waals surface area contributed by atoms with Crippen LogP contribution in [0.2, 0.25) is 0 Å². The number of hydrogen-bond donors (Lipinski definition) is 2. The number of rotatable bonds is 7. The van der Waals surface area contributed by atoms with E-state index in [1.54, 1.807) is 6.92 Å². The monoisotopic (exact) mass is 380 g/mol. The van der Waals surface area contributed by atoms with Gasteiger partial charge >= 0.3 is 0 Å². The van der Waals surface area contributed by atoms with E-state index >= 15 is 0 Å². The van der Waals surface area contributed by atoms with Gasteiger partial charge in [-0.05, 0) is 42.7 Å². The maximum atomic E-state index is 12.3. The van der Waals surface area contributed by atoms with Crippen molar-refractivity contribution in [1.29, 1.82) is 0 Å². The number of carbonyl (C=O) groups excluding carboxylic acids is 2. The minimum absolute atomic E-state index is 0.0911. The third-order valence-corrected chi connectivity index (χ3v) is 5.49. The fourth-order valence-corrected chi connectivity index (χ4v) is 3.62. The van der Waals surface area contributed by atoms with Crippen LogP contribution < -0.4 is 15.1 Å². The van der Waals surface area contributed by atoms with Gasteiger partial charge in [0.25, 0.3) is 5.91 Å². The Labute approximate surface area is 167 Å². The first-order chi connectivity index (χ1) is 13.5. The molecule has 1 aliphatic rings. The molecule has 1 aliphatic heterocycles. The molecule has 0 aromatic heterocycles. The average Bonchev–Trinajstić information content (AvgIpc) is 2.73. The topological polar surface area (TPSA) is 53.9 Å². The lowest BCUT2D eigenvalue weighted by molar-refractivity contribution is -0.892. The number of nitrogens with zero attached hydrogens (tertiary/aromatic N) is 1. The summed E-state index contributed by atoms with van der Waals surface area (Å²) in [7, 11) is 0. The molecular formula is C23H30N3O2+. The van der Waals surface area contributed by atoms with Crippen molar-refractivity contribution in [3.8, 4) is 0 Å². The van der Waals surface area contributed by atoms with Crippen LogP contribution >= 0.6 is 0 Å². The molecule has 2 aromatic carbocycles. The molecule has 1 saturated heterocycles. The normalized spacial score (nSPS) is 15.9. The predicted octanol–water partition coefficient (Wildman–Crippen LogP) is 1.51. The lowest BCUT2D eigenvalue weighted by Gasteiger charge is -2.33. The Kier molecular flexibility index (Phi) is 6.82. The summed E-state index contributed by atoms with van der Waals surface area (Å²) in [6.45, 7) is 8.64. The Balaban J connectivity index is 1.41. The second-order valence-electron chi connectivity index (χ2n) is 7.63. The molecule has 1 amide bonds. The molecular weight excluding hydrogens is 350 g/mol. The van der Waals surface area contributed by atoms with Crippen LogP contribution in [0.3, 0.4) is 0 Å². The number of quaternary nitrogens is 1. The van der Waals surface area contributed by atoms with Gasteiger partial charge in [-0.2, -0.15) is 0 Å². The molecule has 0 spiro atoms. The molecule has 3 rings (SSSR count). The van der Waals surface area contributed by atoms with Gasteiger partial charge in [0.05, 0.1) is 26.2 Å². The van der Waals surface area contributed by atoms with Gasteiger partial charge in [-0.1, -0.05) is 37.3 Å². The molecule has 1 atom stereocenters. The number of anilines is 1. The van der Waals surface area contributed by atoms with Crippen LogP contribution in [0.5, 0.6) is 0 Å². The Bertz CT molecular complexity index is 781. The zero-order chi connectivity index (χ0) is 19.9. The first-order valence-electron chi connectivity index (χ1n) is 10.0. The molecule has 5 heteroatoms. The largest absolute Gasteiger partial charge is 0.360 e. The number of Topliss-reactive ketones (excluding diaryl/α,β-unsaturated/α-hetero) is 1. The van der Waals surface area contributed by atoms with Crippen LogP contribution in [0.25, 0.3) is 0 Å². The number of ketones is 1. The average molecular weight is 381 g/mol. The van der Waals surface area contributed by atoms with Crippen molar-refractivity contribution in [2.45, 2.75) is 19.8 Å². The van der Waals surface area contributed by atoms with E-state index in [1.165, 1.54) is 10.5 Å². The van der Waals surface area contributed by atoms with Gasteiger partial charge in [0, 0.05) is 17.8 Å². The number of amides is 1. The zero-order valence-corrected chi connectivity index (χ0v) is 16.8. The standard InChI is InChI=1S/C23H29N3O2/c1-18(20-6-4-3-5-7-20)16-24-23(28)17-25-12-14-26(15-13-25)22-10-8-21(9-11-22)19(2)27/h3-11,18H,12-17H2,1-2H3,(H,24,28)/p+1/t18-/m0/s1. The summed E-state index contributed by atoms with van der Waals surface area (Å²) >= 11 is 0. The highest BCUT2D eigenvalue weighted by atomic mass is 16.2. The van der Waals surface area contributed by atoms with E-state index in [2.05, 4.69) is 29.3 Å². The van der Waals surface area contributed by atoms with Crippen LogP contribution in [-0.2, 0) is 4.79 Å². The van der Waals surface area contributed by atoms with Crippen LogP contribution in [0.4, 0.5) is 5.69 Å². The maximum absolute atomic E-state index is 12.3. The fourth-order valence-electron chi connectivity index (χ4n) is 3.62. The molecule has 5 nitrogen and oxygen atoms in total. The highest BCUT2D eigenvalue weighted by Crippen LogP contribution is 2.15. The number of benzene rings is 2. The molecule has 0 aliphatic carbocycles. The third-order valence-electron chi connectivity index (χ3n) is 5.49. The minimum atomic E-state index is 0.0911. The maximum Gasteiger partial charge on any atom is 0.275 e. The summed E-state index contributed by atoms with van der Waals surface area (Å²) in [6.07, 6.45) is 0. The van der Waals surface area contributed by atoms with Crippen LogP contribution in [0, 0.1) is 0 Å². The molecule has 0 unspecified atom stereocenters. The SMILES string of the molecule is CC(=O)c1ccc(N2CC[NH+](CC(=O)NC[C@H](C)c3ccccc3)CC2)cc1. The summed E-state index contributed by atoms with van der Waals surface area (Å²) in [6, 6.07) is 18.1. The Morgan fingerprint density at radius 1 is 1.04 bits per heavy atom. The summed E-state index contributed by atoms with van der Waals surface area (Å²) in [5.41, 5.74) is 3.14. The molecule has 0 radical (unpaired) electrons.